The Morgan fingerprint density at radius 3 is 2.44 bits per heavy atom. The van der Waals surface area contributed by atoms with Gasteiger partial charge in [-0.2, -0.15) is 0 Å². The number of rotatable bonds is 4. The van der Waals surface area contributed by atoms with Crippen LogP contribution < -0.4 is 10.6 Å². The standard InChI is InChI=1S/C20H33N5O2/c1-13(2)11-15-22-16(14-12-24(7)9-8-10-25(14)15)18(26)23-17(19(27)21-6)20(3,4)5/h11,17H,8-10,12H2,1-7H3,(H,21,27)(H,23,26). The summed E-state index contributed by atoms with van der Waals surface area (Å²) in [4.78, 5) is 32.3. The molecule has 7 nitrogen and oxygen atoms in total. The molecule has 0 bridgehead atoms. The molecule has 1 aromatic rings. The Balaban J connectivity index is 2.44. The number of hydrogen-bond acceptors (Lipinski definition) is 4. The first kappa shape index (κ1) is 21.2. The third-order valence-electron chi connectivity index (χ3n) is 4.73. The molecule has 2 heterocycles. The lowest BCUT2D eigenvalue weighted by Crippen LogP contribution is -2.53. The highest BCUT2D eigenvalue weighted by Gasteiger charge is 2.34. The number of nitrogens with one attached hydrogen (secondary N) is 2. The molecule has 150 valence electrons. The van der Waals surface area contributed by atoms with Crippen LogP contribution in [-0.4, -0.2) is 52.9 Å². The highest BCUT2D eigenvalue weighted by molar-refractivity contribution is 5.97. The van der Waals surface area contributed by atoms with Gasteiger partial charge in [-0.3, -0.25) is 9.59 Å². The maximum atomic E-state index is 13.1. The minimum atomic E-state index is -0.636. The number of aromatic nitrogens is 2. The van der Waals surface area contributed by atoms with Gasteiger partial charge in [0.1, 0.15) is 11.9 Å². The smallest absolute Gasteiger partial charge is 0.272 e. The third-order valence-corrected chi connectivity index (χ3v) is 4.73. The number of carbonyl (C=O) groups is 2. The summed E-state index contributed by atoms with van der Waals surface area (Å²) >= 11 is 0. The predicted octanol–water partition coefficient (Wildman–Crippen LogP) is 2.03. The maximum absolute atomic E-state index is 13.1. The molecule has 2 rings (SSSR count). The lowest BCUT2D eigenvalue weighted by molar-refractivity contribution is -0.124. The van der Waals surface area contributed by atoms with Crippen LogP contribution in [0.3, 0.4) is 0 Å². The van der Waals surface area contributed by atoms with E-state index in [9.17, 15) is 9.59 Å². The van der Waals surface area contributed by atoms with Crippen molar-refractivity contribution >= 4 is 17.9 Å². The van der Waals surface area contributed by atoms with Crippen LogP contribution in [0.1, 0.15) is 63.0 Å². The Kier molecular flexibility index (Phi) is 6.46. The van der Waals surface area contributed by atoms with Gasteiger partial charge in [0.2, 0.25) is 5.91 Å². The summed E-state index contributed by atoms with van der Waals surface area (Å²) < 4.78 is 2.14. The molecule has 2 amide bonds. The number of allylic oxidation sites excluding steroid dienone is 1. The first-order chi connectivity index (χ1) is 12.5. The van der Waals surface area contributed by atoms with Crippen LogP contribution in [0.25, 0.3) is 6.08 Å². The van der Waals surface area contributed by atoms with Crippen molar-refractivity contribution in [2.24, 2.45) is 5.41 Å². The van der Waals surface area contributed by atoms with E-state index in [1.807, 2.05) is 47.7 Å². The van der Waals surface area contributed by atoms with Crippen molar-refractivity contribution in [2.75, 3.05) is 20.6 Å². The van der Waals surface area contributed by atoms with E-state index >= 15 is 0 Å². The summed E-state index contributed by atoms with van der Waals surface area (Å²) in [5, 5.41) is 5.55. The second-order valence-corrected chi connectivity index (χ2v) is 8.62. The molecular formula is C20H33N5O2. The average Bonchev–Trinajstić information content (AvgIpc) is 2.75. The SMILES string of the molecule is CNC(=O)C(NC(=O)c1nc(C=C(C)C)n2c1CN(C)CCC2)C(C)(C)C. The van der Waals surface area contributed by atoms with Crippen molar-refractivity contribution in [3.05, 3.63) is 22.8 Å². The number of fused-ring (bicyclic) bond motifs is 1. The molecule has 1 aliphatic rings. The molecule has 0 fully saturated rings. The normalized spacial score (nSPS) is 16.1. The predicted molar refractivity (Wildman–Crippen MR) is 107 cm³/mol. The summed E-state index contributed by atoms with van der Waals surface area (Å²) in [6.07, 6.45) is 3.01. The van der Waals surface area contributed by atoms with Crippen LogP contribution in [0.4, 0.5) is 0 Å². The van der Waals surface area contributed by atoms with Gasteiger partial charge in [-0.25, -0.2) is 4.98 Å². The molecule has 0 spiro atoms. The molecule has 0 saturated carbocycles. The van der Waals surface area contributed by atoms with Gasteiger partial charge >= 0.3 is 0 Å². The van der Waals surface area contributed by atoms with Crippen molar-refractivity contribution in [2.45, 2.75) is 60.2 Å². The van der Waals surface area contributed by atoms with Gasteiger partial charge in [0.15, 0.2) is 5.69 Å². The molecule has 0 radical (unpaired) electrons. The Bertz CT molecular complexity index is 738. The maximum Gasteiger partial charge on any atom is 0.272 e. The summed E-state index contributed by atoms with van der Waals surface area (Å²) in [6, 6.07) is -0.636. The van der Waals surface area contributed by atoms with Crippen molar-refractivity contribution in [3.8, 4) is 0 Å². The van der Waals surface area contributed by atoms with Gasteiger partial charge in [0.05, 0.1) is 5.69 Å². The monoisotopic (exact) mass is 375 g/mol. The zero-order chi connectivity index (χ0) is 20.4. The Morgan fingerprint density at radius 2 is 1.89 bits per heavy atom. The Morgan fingerprint density at radius 1 is 1.22 bits per heavy atom. The van der Waals surface area contributed by atoms with Gasteiger partial charge in [-0.15, -0.1) is 0 Å². The number of hydrogen-bond donors (Lipinski definition) is 2. The largest absolute Gasteiger partial charge is 0.357 e. The van der Waals surface area contributed by atoms with E-state index in [0.717, 1.165) is 36.6 Å². The number of likely N-dealkylation sites (N-methyl/N-ethyl adjacent to an activating group) is 1. The molecule has 0 aromatic carbocycles. The van der Waals surface area contributed by atoms with Crippen LogP contribution >= 0.6 is 0 Å². The van der Waals surface area contributed by atoms with Crippen molar-refractivity contribution in [1.82, 2.24) is 25.1 Å². The fourth-order valence-electron chi connectivity index (χ4n) is 3.32. The lowest BCUT2D eigenvalue weighted by atomic mass is 9.86. The topological polar surface area (TPSA) is 79.3 Å². The molecule has 2 N–H and O–H groups in total. The summed E-state index contributed by atoms with van der Waals surface area (Å²) in [5.41, 5.74) is 2.04. The van der Waals surface area contributed by atoms with Gasteiger partial charge in [-0.05, 0) is 45.4 Å². The summed E-state index contributed by atoms with van der Waals surface area (Å²) in [7, 11) is 3.63. The molecule has 27 heavy (non-hydrogen) atoms. The van der Waals surface area contributed by atoms with E-state index in [2.05, 4.69) is 25.1 Å². The average molecular weight is 376 g/mol. The molecule has 1 aliphatic heterocycles. The summed E-state index contributed by atoms with van der Waals surface area (Å²) in [6.45, 7) is 12.3. The highest BCUT2D eigenvalue weighted by atomic mass is 16.2. The number of carbonyl (C=O) groups excluding carboxylic acids is 2. The fourth-order valence-corrected chi connectivity index (χ4v) is 3.32. The number of nitrogens with zero attached hydrogens (tertiary/aromatic N) is 3. The first-order valence-electron chi connectivity index (χ1n) is 9.50. The van der Waals surface area contributed by atoms with Crippen molar-refractivity contribution < 1.29 is 9.59 Å². The summed E-state index contributed by atoms with van der Waals surface area (Å²) in [5.74, 6) is 0.298. The highest BCUT2D eigenvalue weighted by Crippen LogP contribution is 2.23. The van der Waals surface area contributed by atoms with Crippen LogP contribution in [-0.2, 0) is 17.9 Å². The minimum Gasteiger partial charge on any atom is -0.357 e. The molecular weight excluding hydrogens is 342 g/mol. The minimum absolute atomic E-state index is 0.206. The zero-order valence-corrected chi connectivity index (χ0v) is 17.6. The van der Waals surface area contributed by atoms with Gasteiger partial charge in [-0.1, -0.05) is 26.3 Å². The second-order valence-electron chi connectivity index (χ2n) is 8.62. The Labute approximate surface area is 162 Å². The fraction of sp³-hybridized carbons (Fsp3) is 0.650. The van der Waals surface area contributed by atoms with Crippen LogP contribution in [0.2, 0.25) is 0 Å². The lowest BCUT2D eigenvalue weighted by Gasteiger charge is -2.29. The number of imidazole rings is 1. The molecule has 0 aliphatic carbocycles. The van der Waals surface area contributed by atoms with Gasteiger partial charge in [0, 0.05) is 20.1 Å². The molecule has 0 saturated heterocycles. The van der Waals surface area contributed by atoms with Crippen molar-refractivity contribution in [3.63, 3.8) is 0 Å². The van der Waals surface area contributed by atoms with E-state index in [0.29, 0.717) is 12.2 Å². The van der Waals surface area contributed by atoms with E-state index in [1.165, 1.54) is 0 Å². The van der Waals surface area contributed by atoms with Crippen LogP contribution in [0.15, 0.2) is 5.57 Å². The molecule has 1 aromatic heterocycles. The van der Waals surface area contributed by atoms with E-state index in [4.69, 9.17) is 0 Å². The first-order valence-corrected chi connectivity index (χ1v) is 9.50. The van der Waals surface area contributed by atoms with Crippen molar-refractivity contribution in [1.29, 1.82) is 0 Å². The van der Waals surface area contributed by atoms with Crippen LogP contribution in [0.5, 0.6) is 0 Å². The molecule has 7 heteroatoms. The Hall–Kier alpha value is -2.15. The second kappa shape index (κ2) is 8.25. The number of amides is 2. The molecule has 1 unspecified atom stereocenters. The molecule has 1 atom stereocenters. The zero-order valence-electron chi connectivity index (χ0n) is 17.6. The third kappa shape index (κ3) is 4.97. The quantitative estimate of drug-likeness (QED) is 0.844. The van der Waals surface area contributed by atoms with E-state index in [1.54, 1.807) is 7.05 Å². The van der Waals surface area contributed by atoms with Gasteiger partial charge in [0.25, 0.3) is 5.91 Å². The van der Waals surface area contributed by atoms with Crippen LogP contribution in [0, 0.1) is 5.41 Å². The van der Waals surface area contributed by atoms with Gasteiger partial charge < -0.3 is 20.1 Å². The van der Waals surface area contributed by atoms with E-state index < -0.39 is 11.5 Å². The van der Waals surface area contributed by atoms with E-state index in [-0.39, 0.29) is 11.8 Å².